The number of ether oxygens (including phenoxy) is 1. The SMILES string of the molecule is CNCC(CC(C)C)NC(=O)N1CCC[C@@H]([C@@](O)(CCCCOC)c2ccccc2-c2ccc(F)cc2)C1. The van der Waals surface area contributed by atoms with E-state index in [1.807, 2.05) is 36.2 Å². The number of halogens is 1. The highest BCUT2D eigenvalue weighted by Gasteiger charge is 2.42. The molecule has 2 aromatic carbocycles. The molecule has 210 valence electrons. The van der Waals surface area contributed by atoms with E-state index >= 15 is 0 Å². The van der Waals surface area contributed by atoms with Crippen LogP contribution in [0.3, 0.4) is 0 Å². The number of aliphatic hydroxyl groups is 1. The second kappa shape index (κ2) is 14.6. The molecule has 3 atom stereocenters. The van der Waals surface area contributed by atoms with E-state index in [1.165, 1.54) is 12.1 Å². The molecule has 2 aromatic rings. The monoisotopic (exact) mass is 527 g/mol. The Kier molecular flexibility index (Phi) is 11.6. The number of methoxy groups -OCH3 is 1. The minimum Gasteiger partial charge on any atom is -0.385 e. The summed E-state index contributed by atoms with van der Waals surface area (Å²) in [6.45, 7) is 6.84. The molecule has 3 rings (SSSR count). The van der Waals surface area contributed by atoms with Crippen LogP contribution in [-0.2, 0) is 10.3 Å². The number of hydrogen-bond acceptors (Lipinski definition) is 4. The molecule has 1 heterocycles. The smallest absolute Gasteiger partial charge is 0.317 e. The normalized spacial score (nSPS) is 18.3. The van der Waals surface area contributed by atoms with E-state index in [0.29, 0.717) is 32.0 Å². The molecule has 1 fully saturated rings. The summed E-state index contributed by atoms with van der Waals surface area (Å²) >= 11 is 0. The van der Waals surface area contributed by atoms with E-state index in [1.54, 1.807) is 19.2 Å². The number of piperidine rings is 1. The van der Waals surface area contributed by atoms with Gasteiger partial charge in [0.05, 0.1) is 5.60 Å². The number of unbranched alkanes of at least 4 members (excludes halogenated alkanes) is 1. The Labute approximate surface area is 228 Å². The zero-order chi connectivity index (χ0) is 27.5. The molecule has 0 saturated carbocycles. The van der Waals surface area contributed by atoms with Crippen LogP contribution < -0.4 is 10.6 Å². The number of carbonyl (C=O) groups excluding carboxylic acids is 1. The average Bonchev–Trinajstić information content (AvgIpc) is 2.91. The number of nitrogens with one attached hydrogen (secondary N) is 2. The second-order valence-electron chi connectivity index (χ2n) is 11.0. The third-order valence-corrected chi connectivity index (χ3v) is 7.62. The first kappa shape index (κ1) is 30.1. The number of likely N-dealkylation sites (tertiary alicyclic amines) is 1. The maximum absolute atomic E-state index is 13.7. The Hall–Kier alpha value is -2.48. The lowest BCUT2D eigenvalue weighted by Crippen LogP contribution is -2.54. The van der Waals surface area contributed by atoms with Crippen molar-refractivity contribution in [2.24, 2.45) is 11.8 Å². The van der Waals surface area contributed by atoms with Crippen LogP contribution in [0.15, 0.2) is 48.5 Å². The molecule has 2 amide bonds. The zero-order valence-corrected chi connectivity index (χ0v) is 23.5. The van der Waals surface area contributed by atoms with Gasteiger partial charge in [-0.2, -0.15) is 0 Å². The van der Waals surface area contributed by atoms with Gasteiger partial charge >= 0.3 is 6.03 Å². The van der Waals surface area contributed by atoms with Crippen LogP contribution in [0.2, 0.25) is 0 Å². The van der Waals surface area contributed by atoms with Crippen LogP contribution in [0.4, 0.5) is 9.18 Å². The summed E-state index contributed by atoms with van der Waals surface area (Å²) in [5, 5.41) is 18.9. The predicted octanol–water partition coefficient (Wildman–Crippen LogP) is 5.55. The first-order chi connectivity index (χ1) is 18.3. The van der Waals surface area contributed by atoms with E-state index < -0.39 is 5.60 Å². The highest BCUT2D eigenvalue weighted by atomic mass is 19.1. The van der Waals surface area contributed by atoms with Gasteiger partial charge in [0.15, 0.2) is 0 Å². The van der Waals surface area contributed by atoms with Crippen molar-refractivity contribution in [1.82, 2.24) is 15.5 Å². The fraction of sp³-hybridized carbons (Fsp3) is 0.581. The van der Waals surface area contributed by atoms with Crippen molar-refractivity contribution in [2.45, 2.75) is 64.0 Å². The maximum Gasteiger partial charge on any atom is 0.317 e. The summed E-state index contributed by atoms with van der Waals surface area (Å²) in [6.07, 6.45) is 4.76. The Morgan fingerprint density at radius 2 is 1.92 bits per heavy atom. The van der Waals surface area contributed by atoms with Gasteiger partial charge in [0.1, 0.15) is 5.82 Å². The molecule has 1 aliphatic heterocycles. The van der Waals surface area contributed by atoms with Crippen LogP contribution >= 0.6 is 0 Å². The highest BCUT2D eigenvalue weighted by molar-refractivity contribution is 5.75. The molecule has 0 aliphatic carbocycles. The lowest BCUT2D eigenvalue weighted by atomic mass is 9.72. The van der Waals surface area contributed by atoms with E-state index in [4.69, 9.17) is 4.74 Å². The number of hydrogen-bond donors (Lipinski definition) is 3. The van der Waals surface area contributed by atoms with Crippen LogP contribution in [0.5, 0.6) is 0 Å². The first-order valence-corrected chi connectivity index (χ1v) is 14.0. The van der Waals surface area contributed by atoms with Gasteiger partial charge in [-0.25, -0.2) is 9.18 Å². The van der Waals surface area contributed by atoms with Crippen molar-refractivity contribution in [3.05, 3.63) is 59.9 Å². The van der Waals surface area contributed by atoms with Crippen molar-refractivity contribution in [3.8, 4) is 11.1 Å². The van der Waals surface area contributed by atoms with Gasteiger partial charge in [-0.05, 0) is 80.3 Å². The first-order valence-electron chi connectivity index (χ1n) is 14.0. The van der Waals surface area contributed by atoms with Crippen molar-refractivity contribution in [3.63, 3.8) is 0 Å². The molecule has 1 unspecified atom stereocenters. The van der Waals surface area contributed by atoms with Gasteiger partial charge in [-0.15, -0.1) is 0 Å². The van der Waals surface area contributed by atoms with E-state index in [0.717, 1.165) is 55.3 Å². The molecule has 1 aliphatic rings. The average molecular weight is 528 g/mol. The fourth-order valence-corrected chi connectivity index (χ4v) is 5.77. The molecule has 3 N–H and O–H groups in total. The fourth-order valence-electron chi connectivity index (χ4n) is 5.77. The third kappa shape index (κ3) is 8.01. The molecule has 0 spiro atoms. The number of carbonyl (C=O) groups is 1. The molecule has 0 aromatic heterocycles. The maximum atomic E-state index is 13.7. The van der Waals surface area contributed by atoms with Crippen molar-refractivity contribution < 1.29 is 19.0 Å². The third-order valence-electron chi connectivity index (χ3n) is 7.62. The van der Waals surface area contributed by atoms with Crippen LogP contribution in [0.25, 0.3) is 11.1 Å². The van der Waals surface area contributed by atoms with Gasteiger partial charge in [-0.1, -0.05) is 50.2 Å². The van der Waals surface area contributed by atoms with E-state index in [-0.39, 0.29) is 23.8 Å². The van der Waals surface area contributed by atoms with Crippen molar-refractivity contribution in [1.29, 1.82) is 0 Å². The van der Waals surface area contributed by atoms with Crippen LogP contribution in [-0.4, -0.2) is 62.5 Å². The summed E-state index contributed by atoms with van der Waals surface area (Å²) < 4.78 is 18.9. The highest BCUT2D eigenvalue weighted by Crippen LogP contribution is 2.43. The molecule has 0 bridgehead atoms. The lowest BCUT2D eigenvalue weighted by molar-refractivity contribution is -0.0559. The second-order valence-corrected chi connectivity index (χ2v) is 11.0. The quantitative estimate of drug-likeness (QED) is 0.299. The predicted molar refractivity (Wildman–Crippen MR) is 151 cm³/mol. The number of urea groups is 1. The number of amides is 2. The number of likely N-dealkylation sites (N-methyl/N-ethyl adjacent to an activating group) is 1. The van der Waals surface area contributed by atoms with Gasteiger partial charge < -0.3 is 25.4 Å². The molecule has 38 heavy (non-hydrogen) atoms. The van der Waals surface area contributed by atoms with Crippen molar-refractivity contribution in [2.75, 3.05) is 40.4 Å². The lowest BCUT2D eigenvalue weighted by Gasteiger charge is -2.44. The molecule has 1 saturated heterocycles. The largest absolute Gasteiger partial charge is 0.385 e. The minimum atomic E-state index is -1.14. The Morgan fingerprint density at radius 3 is 2.61 bits per heavy atom. The van der Waals surface area contributed by atoms with Gasteiger partial charge in [-0.3, -0.25) is 0 Å². The molecular formula is C31H46FN3O3. The summed E-state index contributed by atoms with van der Waals surface area (Å²) in [4.78, 5) is 15.2. The summed E-state index contributed by atoms with van der Waals surface area (Å²) in [7, 11) is 3.59. The molecular weight excluding hydrogens is 481 g/mol. The zero-order valence-electron chi connectivity index (χ0n) is 23.5. The minimum absolute atomic E-state index is 0.0556. The standard InChI is InChI=1S/C31H46FN3O3/c1-23(2)20-27(21-33-3)34-30(36)35-18-9-10-25(22-35)31(37,17-7-8-19-38-4)29-12-6-5-11-28(29)24-13-15-26(32)16-14-24/h5-6,11-16,23,25,27,33,37H,7-10,17-22H2,1-4H3,(H,34,36)/t25-,27?,31+/m1/s1. The van der Waals surface area contributed by atoms with Gasteiger partial charge in [0, 0.05) is 45.3 Å². The van der Waals surface area contributed by atoms with Crippen LogP contribution in [0, 0.1) is 17.7 Å². The molecule has 6 nitrogen and oxygen atoms in total. The number of nitrogens with zero attached hydrogens (tertiary/aromatic N) is 1. The van der Waals surface area contributed by atoms with Crippen LogP contribution in [0.1, 0.15) is 57.9 Å². The summed E-state index contributed by atoms with van der Waals surface area (Å²) in [6, 6.07) is 14.3. The van der Waals surface area contributed by atoms with E-state index in [2.05, 4.69) is 24.5 Å². The Bertz CT molecular complexity index is 1000. The number of rotatable bonds is 13. The molecule has 0 radical (unpaired) electrons. The van der Waals surface area contributed by atoms with Gasteiger partial charge in [0.25, 0.3) is 0 Å². The Morgan fingerprint density at radius 1 is 1.18 bits per heavy atom. The molecule has 7 heteroatoms. The van der Waals surface area contributed by atoms with Crippen molar-refractivity contribution >= 4 is 6.03 Å². The van der Waals surface area contributed by atoms with E-state index in [9.17, 15) is 14.3 Å². The topological polar surface area (TPSA) is 73.8 Å². The summed E-state index contributed by atoms with van der Waals surface area (Å²) in [5.74, 6) is 0.0611. The van der Waals surface area contributed by atoms with Gasteiger partial charge in [0.2, 0.25) is 0 Å². The summed E-state index contributed by atoms with van der Waals surface area (Å²) in [5.41, 5.74) is 1.46. The Balaban J connectivity index is 1.89. The number of benzene rings is 2.